The van der Waals surface area contributed by atoms with Crippen LogP contribution < -0.4 is 58.2 Å². The van der Waals surface area contributed by atoms with Crippen molar-refractivity contribution in [2.24, 2.45) is 0 Å². The smallest absolute Gasteiger partial charge is 0.659 e. The van der Waals surface area contributed by atoms with Gasteiger partial charge in [-0.1, -0.05) is 30.3 Å². The molecule has 2 aromatic rings. The van der Waals surface area contributed by atoms with Gasteiger partial charge in [-0.05, 0) is 24.1 Å². The van der Waals surface area contributed by atoms with Gasteiger partial charge >= 0.3 is 58.2 Å². The molecular formula is C16H18N3ORb. The van der Waals surface area contributed by atoms with Gasteiger partial charge in [-0.25, -0.2) is 0 Å². The second-order valence-electron chi connectivity index (χ2n) is 5.06. The maximum Gasteiger partial charge on any atom is 1.00 e. The third-order valence-corrected chi connectivity index (χ3v) is 3.68. The van der Waals surface area contributed by atoms with E-state index in [1.165, 1.54) is 5.56 Å². The standard InChI is InChI=1S/C16H18N3O.Rb/c20-16(15-7-4-8-18-15)19-10-9-17-12-14(19)11-13-5-2-1-3-6-13;/h1-8,14,18H,9-12H2;/q-1;+1/t14-;/m1./s1. The minimum Gasteiger partial charge on any atom is -0.659 e. The maximum atomic E-state index is 12.5. The molecule has 4 nitrogen and oxygen atoms in total. The van der Waals surface area contributed by atoms with Crippen molar-refractivity contribution in [1.82, 2.24) is 9.88 Å². The molecule has 5 heteroatoms. The van der Waals surface area contributed by atoms with Crippen LogP contribution in [0, 0.1) is 0 Å². The van der Waals surface area contributed by atoms with Crippen LogP contribution in [0.4, 0.5) is 0 Å². The molecule has 1 atom stereocenters. The van der Waals surface area contributed by atoms with Crippen LogP contribution in [-0.4, -0.2) is 41.5 Å². The summed E-state index contributed by atoms with van der Waals surface area (Å²) in [5.41, 5.74) is 1.91. The van der Waals surface area contributed by atoms with Crippen LogP contribution in [0.5, 0.6) is 0 Å². The summed E-state index contributed by atoms with van der Waals surface area (Å²) in [7, 11) is 0. The summed E-state index contributed by atoms with van der Waals surface area (Å²) in [4.78, 5) is 17.5. The molecule has 0 radical (unpaired) electrons. The van der Waals surface area contributed by atoms with Gasteiger partial charge in [-0.3, -0.25) is 4.79 Å². The predicted octanol–water partition coefficient (Wildman–Crippen LogP) is -0.540. The van der Waals surface area contributed by atoms with E-state index in [1.807, 2.05) is 35.2 Å². The first kappa shape index (κ1) is 17.1. The van der Waals surface area contributed by atoms with Crippen LogP contribution in [0.2, 0.25) is 0 Å². The number of aromatic amines is 1. The van der Waals surface area contributed by atoms with E-state index >= 15 is 0 Å². The fraction of sp³-hybridized carbons (Fsp3) is 0.312. The van der Waals surface area contributed by atoms with Crippen molar-refractivity contribution in [2.75, 3.05) is 19.6 Å². The Kier molecular flexibility index (Phi) is 6.83. The molecule has 2 heterocycles. The minimum absolute atomic E-state index is 0. The van der Waals surface area contributed by atoms with E-state index in [4.69, 9.17) is 0 Å². The van der Waals surface area contributed by atoms with E-state index in [2.05, 4.69) is 22.4 Å². The van der Waals surface area contributed by atoms with Gasteiger partial charge in [0.25, 0.3) is 5.91 Å². The molecule has 1 fully saturated rings. The molecule has 1 N–H and O–H groups in total. The molecule has 0 bridgehead atoms. The number of carbonyl (C=O) groups is 1. The minimum atomic E-state index is 0. The average Bonchev–Trinajstić information content (AvgIpc) is 3.02. The number of benzene rings is 1. The second-order valence-corrected chi connectivity index (χ2v) is 5.06. The van der Waals surface area contributed by atoms with Crippen LogP contribution >= 0.6 is 0 Å². The van der Waals surface area contributed by atoms with Crippen molar-refractivity contribution in [3.8, 4) is 0 Å². The number of rotatable bonds is 3. The Morgan fingerprint density at radius 1 is 1.24 bits per heavy atom. The van der Waals surface area contributed by atoms with Crippen LogP contribution in [-0.2, 0) is 6.42 Å². The molecule has 1 amide bonds. The zero-order chi connectivity index (χ0) is 13.8. The number of nitrogens with zero attached hydrogens (tertiary/aromatic N) is 2. The Morgan fingerprint density at radius 2 is 2.05 bits per heavy atom. The number of hydrogen-bond donors (Lipinski definition) is 1. The zero-order valence-corrected chi connectivity index (χ0v) is 17.2. The third-order valence-electron chi connectivity index (χ3n) is 3.68. The fourth-order valence-electron chi connectivity index (χ4n) is 2.65. The van der Waals surface area contributed by atoms with Gasteiger partial charge in [0.05, 0.1) is 0 Å². The van der Waals surface area contributed by atoms with Crippen molar-refractivity contribution < 1.29 is 63.0 Å². The molecule has 104 valence electrons. The maximum absolute atomic E-state index is 12.5. The van der Waals surface area contributed by atoms with E-state index in [0.717, 1.165) is 19.5 Å². The van der Waals surface area contributed by atoms with E-state index in [-0.39, 0.29) is 70.1 Å². The van der Waals surface area contributed by atoms with Gasteiger partial charge < -0.3 is 15.2 Å². The Morgan fingerprint density at radius 3 is 2.76 bits per heavy atom. The molecule has 1 aliphatic rings. The van der Waals surface area contributed by atoms with Crippen molar-refractivity contribution in [3.63, 3.8) is 0 Å². The Balaban J connectivity index is 0.00000161. The van der Waals surface area contributed by atoms with Crippen molar-refractivity contribution in [1.29, 1.82) is 0 Å². The van der Waals surface area contributed by atoms with E-state index < -0.39 is 0 Å². The van der Waals surface area contributed by atoms with E-state index in [9.17, 15) is 4.79 Å². The monoisotopic (exact) mass is 353 g/mol. The molecule has 0 aliphatic carbocycles. The van der Waals surface area contributed by atoms with Gasteiger partial charge in [0.2, 0.25) is 0 Å². The Labute approximate surface area is 174 Å². The van der Waals surface area contributed by atoms with Crippen molar-refractivity contribution in [3.05, 3.63) is 65.2 Å². The van der Waals surface area contributed by atoms with Gasteiger partial charge in [0.1, 0.15) is 5.69 Å². The first-order valence-electron chi connectivity index (χ1n) is 6.96. The molecule has 21 heavy (non-hydrogen) atoms. The van der Waals surface area contributed by atoms with Crippen LogP contribution in [0.3, 0.4) is 0 Å². The summed E-state index contributed by atoms with van der Waals surface area (Å²) in [6.45, 7) is 2.16. The second kappa shape index (κ2) is 8.39. The number of nitrogens with one attached hydrogen (secondary N) is 1. The first-order valence-corrected chi connectivity index (χ1v) is 6.96. The molecule has 0 spiro atoms. The van der Waals surface area contributed by atoms with Gasteiger partial charge in [0, 0.05) is 18.8 Å². The van der Waals surface area contributed by atoms with Gasteiger partial charge in [0.15, 0.2) is 0 Å². The normalized spacial score (nSPS) is 18.1. The zero-order valence-electron chi connectivity index (χ0n) is 12.3. The summed E-state index contributed by atoms with van der Waals surface area (Å²) in [5.74, 6) is 0.0748. The quantitative estimate of drug-likeness (QED) is 0.791. The topological polar surface area (TPSA) is 50.2 Å². The van der Waals surface area contributed by atoms with Crippen molar-refractivity contribution >= 4 is 5.91 Å². The summed E-state index contributed by atoms with van der Waals surface area (Å²) in [6.07, 6.45) is 2.64. The molecule has 1 aliphatic heterocycles. The SMILES string of the molecule is O=C(c1ccc[nH]1)N1CC[N-]C[C@H]1Cc1ccccc1.[Rb+]. The number of carbonyl (C=O) groups excluding carboxylic acids is 1. The predicted molar refractivity (Wildman–Crippen MR) is 78.9 cm³/mol. The summed E-state index contributed by atoms with van der Waals surface area (Å²) >= 11 is 0. The molecule has 1 aromatic carbocycles. The van der Waals surface area contributed by atoms with Gasteiger partial charge in [-0.15, -0.1) is 13.1 Å². The molecule has 0 unspecified atom stereocenters. The van der Waals surface area contributed by atoms with Crippen LogP contribution in [0.15, 0.2) is 48.7 Å². The number of aromatic nitrogens is 1. The first-order chi connectivity index (χ1) is 9.84. The average molecular weight is 354 g/mol. The largest absolute Gasteiger partial charge is 1.00 e. The molecule has 1 aromatic heterocycles. The van der Waals surface area contributed by atoms with E-state index in [1.54, 1.807) is 6.20 Å². The molecule has 1 saturated heterocycles. The summed E-state index contributed by atoms with van der Waals surface area (Å²) in [5, 5.41) is 4.46. The number of piperazine rings is 1. The number of H-pyrrole nitrogens is 1. The van der Waals surface area contributed by atoms with Crippen molar-refractivity contribution in [2.45, 2.75) is 12.5 Å². The third kappa shape index (κ3) is 4.36. The molecule has 3 rings (SSSR count). The molecule has 0 saturated carbocycles. The molecular weight excluding hydrogens is 336 g/mol. The fourth-order valence-corrected chi connectivity index (χ4v) is 2.65. The number of amides is 1. The van der Waals surface area contributed by atoms with Gasteiger partial charge in [-0.2, -0.15) is 0 Å². The summed E-state index contributed by atoms with van der Waals surface area (Å²) in [6, 6.07) is 14.1. The van der Waals surface area contributed by atoms with Crippen LogP contribution in [0.1, 0.15) is 16.1 Å². The summed E-state index contributed by atoms with van der Waals surface area (Å²) < 4.78 is 0. The number of hydrogen-bond acceptors (Lipinski definition) is 1. The Hall–Kier alpha value is -0.265. The van der Waals surface area contributed by atoms with E-state index in [0.29, 0.717) is 12.2 Å². The van der Waals surface area contributed by atoms with Crippen LogP contribution in [0.25, 0.3) is 5.32 Å². The Bertz CT molecular complexity index is 556.